The fourth-order valence-electron chi connectivity index (χ4n) is 1.66. The lowest BCUT2D eigenvalue weighted by Gasteiger charge is -2.23. The predicted octanol–water partition coefficient (Wildman–Crippen LogP) is 2.18. The molecule has 16 heavy (non-hydrogen) atoms. The highest BCUT2D eigenvalue weighted by molar-refractivity contribution is 9.10. The van der Waals surface area contributed by atoms with Crippen LogP contribution in [0, 0.1) is 0 Å². The molecule has 0 radical (unpaired) electrons. The standard InChI is InChI=1S/C11H17BrN2O2/c1-8(2)10-5-11(12)14(13-10)6-9-7-15-3-4-16-9/h5,8-9H,3-4,6-7H2,1-2H3. The molecular formula is C11H17BrN2O2. The van der Waals surface area contributed by atoms with Gasteiger partial charge in [-0.15, -0.1) is 0 Å². The number of ether oxygens (including phenoxy) is 2. The molecule has 2 heterocycles. The van der Waals surface area contributed by atoms with E-state index in [-0.39, 0.29) is 6.10 Å². The summed E-state index contributed by atoms with van der Waals surface area (Å²) in [6, 6.07) is 2.06. The summed E-state index contributed by atoms with van der Waals surface area (Å²) in [7, 11) is 0. The zero-order valence-electron chi connectivity index (χ0n) is 9.65. The third-order valence-corrected chi connectivity index (χ3v) is 3.24. The van der Waals surface area contributed by atoms with Gasteiger partial charge in [-0.2, -0.15) is 5.10 Å². The Bertz CT molecular complexity index is 346. The van der Waals surface area contributed by atoms with E-state index in [2.05, 4.69) is 40.9 Å². The molecule has 0 spiro atoms. The summed E-state index contributed by atoms with van der Waals surface area (Å²) in [5.74, 6) is 0.445. The summed E-state index contributed by atoms with van der Waals surface area (Å²) in [4.78, 5) is 0. The van der Waals surface area contributed by atoms with Crippen LogP contribution in [0.1, 0.15) is 25.5 Å². The van der Waals surface area contributed by atoms with Gasteiger partial charge < -0.3 is 9.47 Å². The minimum absolute atomic E-state index is 0.116. The Kier molecular flexibility index (Phi) is 4.00. The summed E-state index contributed by atoms with van der Waals surface area (Å²) in [5.41, 5.74) is 1.10. The maximum Gasteiger partial charge on any atom is 0.104 e. The molecule has 1 unspecified atom stereocenters. The molecule has 5 heteroatoms. The first-order chi connectivity index (χ1) is 7.66. The van der Waals surface area contributed by atoms with E-state index < -0.39 is 0 Å². The molecule has 0 aromatic carbocycles. The van der Waals surface area contributed by atoms with E-state index in [1.807, 2.05) is 4.68 Å². The molecule has 1 fully saturated rings. The Labute approximate surface area is 104 Å². The Morgan fingerprint density at radius 1 is 1.56 bits per heavy atom. The van der Waals surface area contributed by atoms with Crippen molar-refractivity contribution in [2.45, 2.75) is 32.4 Å². The molecular weight excluding hydrogens is 272 g/mol. The fourth-order valence-corrected chi connectivity index (χ4v) is 2.12. The molecule has 4 nitrogen and oxygen atoms in total. The van der Waals surface area contributed by atoms with E-state index >= 15 is 0 Å². The van der Waals surface area contributed by atoms with Crippen molar-refractivity contribution < 1.29 is 9.47 Å². The number of nitrogens with zero attached hydrogens (tertiary/aromatic N) is 2. The zero-order chi connectivity index (χ0) is 11.5. The molecule has 1 saturated heterocycles. The first kappa shape index (κ1) is 12.1. The highest BCUT2D eigenvalue weighted by Gasteiger charge is 2.17. The van der Waals surface area contributed by atoms with Crippen LogP contribution >= 0.6 is 15.9 Å². The van der Waals surface area contributed by atoms with Crippen LogP contribution < -0.4 is 0 Å². The summed E-state index contributed by atoms with van der Waals surface area (Å²) in [6.45, 7) is 7.06. The molecule has 2 rings (SSSR count). The lowest BCUT2D eigenvalue weighted by molar-refractivity contribution is -0.0948. The molecule has 1 atom stereocenters. The first-order valence-electron chi connectivity index (χ1n) is 5.59. The molecule has 0 aliphatic carbocycles. The highest BCUT2D eigenvalue weighted by atomic mass is 79.9. The molecule has 0 N–H and O–H groups in total. The number of hydrogen-bond donors (Lipinski definition) is 0. The zero-order valence-corrected chi connectivity index (χ0v) is 11.2. The fraction of sp³-hybridized carbons (Fsp3) is 0.727. The summed E-state index contributed by atoms with van der Waals surface area (Å²) in [5, 5.41) is 4.54. The Morgan fingerprint density at radius 2 is 2.38 bits per heavy atom. The maximum atomic E-state index is 5.60. The monoisotopic (exact) mass is 288 g/mol. The molecule has 1 aliphatic rings. The third-order valence-electron chi connectivity index (χ3n) is 2.60. The first-order valence-corrected chi connectivity index (χ1v) is 6.38. The van der Waals surface area contributed by atoms with Gasteiger partial charge in [0.15, 0.2) is 0 Å². The van der Waals surface area contributed by atoms with Crippen LogP contribution in [0.15, 0.2) is 10.7 Å². The average molecular weight is 289 g/mol. The normalized spacial score (nSPS) is 21.6. The Balaban J connectivity index is 2.02. The van der Waals surface area contributed by atoms with Gasteiger partial charge >= 0.3 is 0 Å². The van der Waals surface area contributed by atoms with Crippen LogP contribution in [0.3, 0.4) is 0 Å². The van der Waals surface area contributed by atoms with Crippen molar-refractivity contribution in [3.05, 3.63) is 16.4 Å². The number of aromatic nitrogens is 2. The number of rotatable bonds is 3. The summed E-state index contributed by atoms with van der Waals surface area (Å²) >= 11 is 3.52. The van der Waals surface area contributed by atoms with Crippen molar-refractivity contribution in [3.8, 4) is 0 Å². The van der Waals surface area contributed by atoms with E-state index in [1.54, 1.807) is 0 Å². The third kappa shape index (κ3) is 2.84. The van der Waals surface area contributed by atoms with Gasteiger partial charge in [0, 0.05) is 0 Å². The van der Waals surface area contributed by atoms with E-state index in [9.17, 15) is 0 Å². The van der Waals surface area contributed by atoms with Gasteiger partial charge in [0.05, 0.1) is 32.1 Å². The van der Waals surface area contributed by atoms with E-state index in [0.29, 0.717) is 25.7 Å². The van der Waals surface area contributed by atoms with Crippen molar-refractivity contribution in [3.63, 3.8) is 0 Å². The second kappa shape index (κ2) is 5.29. The number of halogens is 1. The lowest BCUT2D eigenvalue weighted by Crippen LogP contribution is -2.32. The van der Waals surface area contributed by atoms with Crippen LogP contribution in [0.25, 0.3) is 0 Å². The van der Waals surface area contributed by atoms with E-state index in [1.165, 1.54) is 0 Å². The van der Waals surface area contributed by atoms with Gasteiger partial charge in [0.1, 0.15) is 10.7 Å². The molecule has 1 aromatic heterocycles. The van der Waals surface area contributed by atoms with E-state index in [4.69, 9.17) is 9.47 Å². The van der Waals surface area contributed by atoms with Gasteiger partial charge in [0.25, 0.3) is 0 Å². The minimum Gasteiger partial charge on any atom is -0.376 e. The quantitative estimate of drug-likeness (QED) is 0.855. The summed E-state index contributed by atoms with van der Waals surface area (Å²) in [6.07, 6.45) is 0.116. The maximum absolute atomic E-state index is 5.60. The van der Waals surface area contributed by atoms with Crippen molar-refractivity contribution >= 4 is 15.9 Å². The van der Waals surface area contributed by atoms with E-state index in [0.717, 1.165) is 16.8 Å². The molecule has 1 aromatic rings. The van der Waals surface area contributed by atoms with Crippen LogP contribution in [0.4, 0.5) is 0 Å². The van der Waals surface area contributed by atoms with Gasteiger partial charge in [-0.3, -0.25) is 4.68 Å². The topological polar surface area (TPSA) is 36.3 Å². The molecule has 0 amide bonds. The molecule has 1 aliphatic heterocycles. The molecule has 0 saturated carbocycles. The Hall–Kier alpha value is -0.390. The van der Waals surface area contributed by atoms with Crippen molar-refractivity contribution in [1.29, 1.82) is 0 Å². The second-order valence-corrected chi connectivity index (χ2v) is 5.11. The van der Waals surface area contributed by atoms with Crippen molar-refractivity contribution in [2.75, 3.05) is 19.8 Å². The predicted molar refractivity (Wildman–Crippen MR) is 64.6 cm³/mol. The van der Waals surface area contributed by atoms with Gasteiger partial charge in [0.2, 0.25) is 0 Å². The van der Waals surface area contributed by atoms with Crippen molar-refractivity contribution in [1.82, 2.24) is 9.78 Å². The number of hydrogen-bond acceptors (Lipinski definition) is 3. The van der Waals surface area contributed by atoms with Crippen LogP contribution in [-0.2, 0) is 16.0 Å². The minimum atomic E-state index is 0.116. The van der Waals surface area contributed by atoms with Gasteiger partial charge in [-0.05, 0) is 27.9 Å². The van der Waals surface area contributed by atoms with Gasteiger partial charge in [-0.1, -0.05) is 13.8 Å². The average Bonchev–Trinajstić information content (AvgIpc) is 2.62. The largest absolute Gasteiger partial charge is 0.376 e. The molecule has 0 bridgehead atoms. The highest BCUT2D eigenvalue weighted by Crippen LogP contribution is 2.19. The van der Waals surface area contributed by atoms with Gasteiger partial charge in [-0.25, -0.2) is 0 Å². The second-order valence-electron chi connectivity index (χ2n) is 4.30. The van der Waals surface area contributed by atoms with Crippen LogP contribution in [0.2, 0.25) is 0 Å². The Morgan fingerprint density at radius 3 is 2.94 bits per heavy atom. The van der Waals surface area contributed by atoms with Crippen LogP contribution in [-0.4, -0.2) is 35.7 Å². The molecule has 90 valence electrons. The van der Waals surface area contributed by atoms with Crippen LogP contribution in [0.5, 0.6) is 0 Å². The van der Waals surface area contributed by atoms with Crippen molar-refractivity contribution in [2.24, 2.45) is 0 Å². The SMILES string of the molecule is CC(C)c1cc(Br)n(CC2COCCO2)n1. The smallest absolute Gasteiger partial charge is 0.104 e. The lowest BCUT2D eigenvalue weighted by atomic mass is 10.1. The summed E-state index contributed by atoms with van der Waals surface area (Å²) < 4.78 is 13.9.